The maximum atomic E-state index is 11.5. The molecule has 0 fully saturated rings. The fraction of sp³-hybridized carbons (Fsp3) is 0.200. The molecule has 0 bridgehead atoms. The highest BCUT2D eigenvalue weighted by molar-refractivity contribution is 6.05. The Hall–Kier alpha value is -2.16. The Bertz CT molecular complexity index is 659. The van der Waals surface area contributed by atoms with Gasteiger partial charge in [0.05, 0.1) is 0 Å². The minimum atomic E-state index is 0.218. The predicted molar refractivity (Wildman–Crippen MR) is 73.0 cm³/mol. The van der Waals surface area contributed by atoms with Crippen LogP contribution in [0.3, 0.4) is 0 Å². The molecule has 0 aliphatic heterocycles. The van der Waals surface area contributed by atoms with Gasteiger partial charge >= 0.3 is 0 Å². The molecule has 1 aromatic heterocycles. The minimum Gasteiger partial charge on any atom is -0.398 e. The highest BCUT2D eigenvalue weighted by Gasteiger charge is 2.14. The highest BCUT2D eigenvalue weighted by atomic mass is 16.1. The van der Waals surface area contributed by atoms with Crippen molar-refractivity contribution in [3.8, 4) is 0 Å². The monoisotopic (exact) mass is 238 g/mol. The Labute approximate surface area is 105 Å². The van der Waals surface area contributed by atoms with Gasteiger partial charge in [-0.2, -0.15) is 0 Å². The second-order valence-electron chi connectivity index (χ2n) is 4.61. The number of benzene rings is 1. The molecule has 0 radical (unpaired) electrons. The lowest BCUT2D eigenvalue weighted by Gasteiger charge is -2.15. The third-order valence-corrected chi connectivity index (χ3v) is 3.40. The first-order chi connectivity index (χ1) is 8.75. The van der Waals surface area contributed by atoms with Crippen molar-refractivity contribution in [3.05, 3.63) is 42.2 Å². The van der Waals surface area contributed by atoms with Crippen LogP contribution in [0.5, 0.6) is 0 Å². The number of carbonyl (C=O) groups excluding carboxylic acids is 1. The number of nitrogens with two attached hydrogens (primary N) is 1. The molecule has 2 N–H and O–H groups in total. The van der Waals surface area contributed by atoms with Crippen LogP contribution in [0.25, 0.3) is 16.3 Å². The molecule has 18 heavy (non-hydrogen) atoms. The van der Waals surface area contributed by atoms with Crippen molar-refractivity contribution in [2.24, 2.45) is 0 Å². The first-order valence-corrected chi connectivity index (χ1v) is 6.12. The summed E-state index contributed by atoms with van der Waals surface area (Å²) >= 11 is 0. The molecule has 90 valence electrons. The van der Waals surface area contributed by atoms with Crippen LogP contribution in [0.15, 0.2) is 36.7 Å². The van der Waals surface area contributed by atoms with Crippen LogP contribution < -0.4 is 5.73 Å². The smallest absolute Gasteiger partial charge is 0.155 e. The third-order valence-electron chi connectivity index (χ3n) is 3.40. The molecular weight excluding hydrogens is 224 g/mol. The summed E-state index contributed by atoms with van der Waals surface area (Å²) in [6, 6.07) is 5.85. The van der Waals surface area contributed by atoms with E-state index in [0.29, 0.717) is 6.42 Å². The number of hydrogen-bond acceptors (Lipinski definition) is 3. The SMILES string of the molecule is Nc1ccc(C2=CC(=O)CCC2)c2ccncc12. The van der Waals surface area contributed by atoms with Gasteiger partial charge in [-0.25, -0.2) is 0 Å². The van der Waals surface area contributed by atoms with Gasteiger partial charge in [0.15, 0.2) is 5.78 Å². The molecule has 0 amide bonds. The van der Waals surface area contributed by atoms with Crippen molar-refractivity contribution < 1.29 is 4.79 Å². The number of ketones is 1. The maximum Gasteiger partial charge on any atom is 0.155 e. The van der Waals surface area contributed by atoms with Crippen molar-refractivity contribution >= 4 is 27.8 Å². The molecule has 2 aromatic rings. The van der Waals surface area contributed by atoms with E-state index in [2.05, 4.69) is 4.98 Å². The summed E-state index contributed by atoms with van der Waals surface area (Å²) in [5.74, 6) is 0.218. The molecule has 0 atom stereocenters. The van der Waals surface area contributed by atoms with Gasteiger partial charge in [0.1, 0.15) is 0 Å². The van der Waals surface area contributed by atoms with Crippen LogP contribution in [-0.2, 0) is 4.79 Å². The van der Waals surface area contributed by atoms with Gasteiger partial charge in [-0.15, -0.1) is 0 Å². The van der Waals surface area contributed by atoms with Crippen LogP contribution >= 0.6 is 0 Å². The summed E-state index contributed by atoms with van der Waals surface area (Å²) < 4.78 is 0. The quantitative estimate of drug-likeness (QED) is 0.777. The average Bonchev–Trinajstić information content (AvgIpc) is 2.39. The summed E-state index contributed by atoms with van der Waals surface area (Å²) in [5, 5.41) is 2.03. The van der Waals surface area contributed by atoms with Crippen LogP contribution in [0, 0.1) is 0 Å². The van der Waals surface area contributed by atoms with Gasteiger partial charge in [-0.3, -0.25) is 9.78 Å². The topological polar surface area (TPSA) is 56.0 Å². The number of aromatic nitrogens is 1. The summed E-state index contributed by atoms with van der Waals surface area (Å²) in [6.45, 7) is 0. The Balaban J connectivity index is 2.24. The van der Waals surface area contributed by atoms with E-state index in [1.807, 2.05) is 18.2 Å². The fourth-order valence-corrected chi connectivity index (χ4v) is 2.50. The number of fused-ring (bicyclic) bond motifs is 1. The number of hydrogen-bond donors (Lipinski definition) is 1. The number of nitrogen functional groups attached to an aromatic ring is 1. The average molecular weight is 238 g/mol. The van der Waals surface area contributed by atoms with Gasteiger partial charge in [0.25, 0.3) is 0 Å². The van der Waals surface area contributed by atoms with Gasteiger partial charge < -0.3 is 5.73 Å². The number of nitrogens with zero attached hydrogens (tertiary/aromatic N) is 1. The number of carbonyl (C=O) groups is 1. The number of pyridine rings is 1. The molecule has 1 aromatic carbocycles. The van der Waals surface area contributed by atoms with Crippen LogP contribution in [0.4, 0.5) is 5.69 Å². The van der Waals surface area contributed by atoms with E-state index in [0.717, 1.165) is 40.4 Å². The molecule has 1 aliphatic rings. The van der Waals surface area contributed by atoms with E-state index in [1.165, 1.54) is 0 Å². The molecule has 0 unspecified atom stereocenters. The normalized spacial score (nSPS) is 15.8. The van der Waals surface area contributed by atoms with E-state index >= 15 is 0 Å². The lowest BCUT2D eigenvalue weighted by atomic mass is 9.90. The lowest BCUT2D eigenvalue weighted by molar-refractivity contribution is -0.114. The first kappa shape index (κ1) is 11.0. The number of allylic oxidation sites excluding steroid dienone is 2. The predicted octanol–water partition coefficient (Wildman–Crippen LogP) is 2.95. The van der Waals surface area contributed by atoms with Crippen molar-refractivity contribution in [1.29, 1.82) is 0 Å². The zero-order chi connectivity index (χ0) is 12.5. The zero-order valence-corrected chi connectivity index (χ0v) is 10.0. The minimum absolute atomic E-state index is 0.218. The molecular formula is C15H14N2O. The summed E-state index contributed by atoms with van der Waals surface area (Å²) in [7, 11) is 0. The molecule has 3 nitrogen and oxygen atoms in total. The molecule has 3 heteroatoms. The van der Waals surface area contributed by atoms with E-state index < -0.39 is 0 Å². The van der Waals surface area contributed by atoms with Gasteiger partial charge in [-0.05, 0) is 47.6 Å². The van der Waals surface area contributed by atoms with E-state index in [1.54, 1.807) is 18.5 Å². The van der Waals surface area contributed by atoms with E-state index in [4.69, 9.17) is 5.73 Å². The molecule has 0 saturated heterocycles. The van der Waals surface area contributed by atoms with Crippen LogP contribution in [-0.4, -0.2) is 10.8 Å². The van der Waals surface area contributed by atoms with E-state index in [-0.39, 0.29) is 5.78 Å². The molecule has 3 rings (SSSR count). The Morgan fingerprint density at radius 3 is 2.83 bits per heavy atom. The molecule has 0 saturated carbocycles. The van der Waals surface area contributed by atoms with E-state index in [9.17, 15) is 4.79 Å². The Kier molecular flexibility index (Phi) is 2.59. The molecule has 1 heterocycles. The second kappa shape index (κ2) is 4.26. The summed E-state index contributed by atoms with van der Waals surface area (Å²) in [5.41, 5.74) is 8.90. The Morgan fingerprint density at radius 1 is 1.11 bits per heavy atom. The van der Waals surface area contributed by atoms with Crippen molar-refractivity contribution in [2.75, 3.05) is 5.73 Å². The Morgan fingerprint density at radius 2 is 2.00 bits per heavy atom. The standard InChI is InChI=1S/C15H14N2O/c16-15-5-4-12(10-2-1-3-11(18)8-10)13-6-7-17-9-14(13)15/h4-9H,1-3,16H2. The van der Waals surface area contributed by atoms with Crippen molar-refractivity contribution in [1.82, 2.24) is 4.98 Å². The van der Waals surface area contributed by atoms with Gasteiger partial charge in [0, 0.05) is 29.9 Å². The third kappa shape index (κ3) is 1.78. The molecule has 1 aliphatic carbocycles. The fourth-order valence-electron chi connectivity index (χ4n) is 2.50. The number of anilines is 1. The van der Waals surface area contributed by atoms with Gasteiger partial charge in [0.2, 0.25) is 0 Å². The van der Waals surface area contributed by atoms with Crippen molar-refractivity contribution in [3.63, 3.8) is 0 Å². The van der Waals surface area contributed by atoms with Crippen molar-refractivity contribution in [2.45, 2.75) is 19.3 Å². The zero-order valence-electron chi connectivity index (χ0n) is 10.0. The maximum absolute atomic E-state index is 11.5. The molecule has 0 spiro atoms. The van der Waals surface area contributed by atoms with Gasteiger partial charge in [-0.1, -0.05) is 6.07 Å². The first-order valence-electron chi connectivity index (χ1n) is 6.12. The second-order valence-corrected chi connectivity index (χ2v) is 4.61. The highest BCUT2D eigenvalue weighted by Crippen LogP contribution is 2.32. The van der Waals surface area contributed by atoms with Crippen LogP contribution in [0.1, 0.15) is 24.8 Å². The lowest BCUT2D eigenvalue weighted by Crippen LogP contribution is -2.03. The summed E-state index contributed by atoms with van der Waals surface area (Å²) in [4.78, 5) is 15.6. The number of rotatable bonds is 1. The largest absolute Gasteiger partial charge is 0.398 e. The van der Waals surface area contributed by atoms with Crippen LogP contribution in [0.2, 0.25) is 0 Å². The summed E-state index contributed by atoms with van der Waals surface area (Å²) in [6.07, 6.45) is 7.86.